The van der Waals surface area contributed by atoms with Crippen molar-refractivity contribution in [2.24, 2.45) is 11.1 Å². The Kier molecular flexibility index (Phi) is 4.23. The second-order valence-corrected chi connectivity index (χ2v) is 8.23. The Balaban J connectivity index is 2.17. The monoisotopic (exact) mass is 296 g/mol. The number of hydrogen-bond acceptors (Lipinski definition) is 3. The predicted octanol–water partition coefficient (Wildman–Crippen LogP) is 2.31. The zero-order valence-corrected chi connectivity index (χ0v) is 13.3. The molecule has 0 amide bonds. The van der Waals surface area contributed by atoms with Crippen molar-refractivity contribution in [3.8, 4) is 0 Å². The lowest BCUT2D eigenvalue weighted by atomic mass is 9.92. The SMILES string of the molecule is Cc1cc(S(=O)(=O)NC2CCC(C)(C)C2)ccc1CN. The molecular formula is C15H24N2O2S. The van der Waals surface area contributed by atoms with Crippen molar-refractivity contribution < 1.29 is 8.42 Å². The number of nitrogens with one attached hydrogen (secondary N) is 1. The first-order valence-electron chi connectivity index (χ1n) is 7.05. The number of nitrogens with two attached hydrogens (primary N) is 1. The number of rotatable bonds is 4. The van der Waals surface area contributed by atoms with E-state index >= 15 is 0 Å². The Labute approximate surface area is 121 Å². The highest BCUT2D eigenvalue weighted by Crippen LogP contribution is 2.37. The summed E-state index contributed by atoms with van der Waals surface area (Å²) in [4.78, 5) is 0.330. The molecule has 0 saturated heterocycles. The van der Waals surface area contributed by atoms with Crippen LogP contribution in [0.2, 0.25) is 0 Å². The van der Waals surface area contributed by atoms with Crippen LogP contribution < -0.4 is 10.5 Å². The fourth-order valence-electron chi connectivity index (χ4n) is 2.89. The maximum absolute atomic E-state index is 12.4. The first kappa shape index (κ1) is 15.5. The molecule has 1 aromatic carbocycles. The van der Waals surface area contributed by atoms with Crippen LogP contribution in [0.25, 0.3) is 0 Å². The Bertz CT molecular complexity index is 594. The summed E-state index contributed by atoms with van der Waals surface area (Å²) >= 11 is 0. The van der Waals surface area contributed by atoms with Gasteiger partial charge in [-0.25, -0.2) is 13.1 Å². The average Bonchev–Trinajstić information content (AvgIpc) is 2.67. The van der Waals surface area contributed by atoms with Crippen molar-refractivity contribution in [3.63, 3.8) is 0 Å². The van der Waals surface area contributed by atoms with Crippen LogP contribution >= 0.6 is 0 Å². The van der Waals surface area contributed by atoms with E-state index in [-0.39, 0.29) is 11.5 Å². The molecule has 112 valence electrons. The molecule has 5 heteroatoms. The minimum Gasteiger partial charge on any atom is -0.326 e. The van der Waals surface area contributed by atoms with Gasteiger partial charge in [-0.05, 0) is 54.9 Å². The maximum Gasteiger partial charge on any atom is 0.240 e. The lowest BCUT2D eigenvalue weighted by Crippen LogP contribution is -2.33. The summed E-state index contributed by atoms with van der Waals surface area (Å²) in [7, 11) is -3.43. The van der Waals surface area contributed by atoms with Crippen molar-refractivity contribution in [1.29, 1.82) is 0 Å². The molecule has 0 bridgehead atoms. The molecule has 4 nitrogen and oxygen atoms in total. The van der Waals surface area contributed by atoms with Gasteiger partial charge in [-0.1, -0.05) is 19.9 Å². The van der Waals surface area contributed by atoms with E-state index in [0.29, 0.717) is 11.4 Å². The molecule has 1 aliphatic rings. The summed E-state index contributed by atoms with van der Waals surface area (Å²) in [5.74, 6) is 0. The van der Waals surface area contributed by atoms with Crippen molar-refractivity contribution in [1.82, 2.24) is 4.72 Å². The Morgan fingerprint density at radius 2 is 2.10 bits per heavy atom. The molecule has 0 heterocycles. The number of aryl methyl sites for hydroxylation is 1. The van der Waals surface area contributed by atoms with Crippen LogP contribution in [-0.4, -0.2) is 14.5 Å². The van der Waals surface area contributed by atoms with Gasteiger partial charge in [-0.2, -0.15) is 0 Å². The molecule has 0 radical (unpaired) electrons. The summed E-state index contributed by atoms with van der Waals surface area (Å²) < 4.78 is 27.7. The normalized spacial score (nSPS) is 22.1. The second-order valence-electron chi connectivity index (χ2n) is 6.52. The summed E-state index contributed by atoms with van der Waals surface area (Å²) in [6.45, 7) is 6.68. The van der Waals surface area contributed by atoms with Crippen molar-refractivity contribution in [3.05, 3.63) is 29.3 Å². The van der Waals surface area contributed by atoms with Crippen molar-refractivity contribution in [2.45, 2.75) is 57.5 Å². The maximum atomic E-state index is 12.4. The fourth-order valence-corrected chi connectivity index (χ4v) is 4.24. The van der Waals surface area contributed by atoms with E-state index in [1.165, 1.54) is 0 Å². The minimum absolute atomic E-state index is 0.0458. The molecular weight excluding hydrogens is 272 g/mol. The Morgan fingerprint density at radius 1 is 1.40 bits per heavy atom. The molecule has 0 spiro atoms. The van der Waals surface area contributed by atoms with Crippen LogP contribution in [0.15, 0.2) is 23.1 Å². The van der Waals surface area contributed by atoms with Crippen molar-refractivity contribution >= 4 is 10.0 Å². The third-order valence-electron chi connectivity index (χ3n) is 4.13. The van der Waals surface area contributed by atoms with E-state index in [1.807, 2.05) is 6.92 Å². The summed E-state index contributed by atoms with van der Waals surface area (Å²) in [6.07, 6.45) is 2.86. The van der Waals surface area contributed by atoms with Gasteiger partial charge in [0.1, 0.15) is 0 Å². The van der Waals surface area contributed by atoms with Gasteiger partial charge in [0.15, 0.2) is 0 Å². The largest absolute Gasteiger partial charge is 0.326 e. The van der Waals surface area contributed by atoms with E-state index in [0.717, 1.165) is 30.4 Å². The Hall–Kier alpha value is -0.910. The van der Waals surface area contributed by atoms with Gasteiger partial charge in [0.25, 0.3) is 0 Å². The number of hydrogen-bond donors (Lipinski definition) is 2. The zero-order chi connectivity index (χ0) is 15.0. The zero-order valence-electron chi connectivity index (χ0n) is 12.4. The highest BCUT2D eigenvalue weighted by molar-refractivity contribution is 7.89. The second kappa shape index (κ2) is 5.47. The Morgan fingerprint density at radius 3 is 2.60 bits per heavy atom. The fraction of sp³-hybridized carbons (Fsp3) is 0.600. The summed E-state index contributed by atoms with van der Waals surface area (Å²) in [6, 6.07) is 5.18. The highest BCUT2D eigenvalue weighted by Gasteiger charge is 2.33. The molecule has 20 heavy (non-hydrogen) atoms. The standard InChI is InChI=1S/C15H24N2O2S/c1-11-8-14(5-4-12(11)10-16)20(18,19)17-13-6-7-15(2,3)9-13/h4-5,8,13,17H,6-7,9-10,16H2,1-3H3. The van der Waals surface area contributed by atoms with Gasteiger partial charge < -0.3 is 5.73 Å². The van der Waals surface area contributed by atoms with E-state index in [2.05, 4.69) is 18.6 Å². The third-order valence-corrected chi connectivity index (χ3v) is 5.65. The van der Waals surface area contributed by atoms with Crippen LogP contribution in [-0.2, 0) is 16.6 Å². The molecule has 1 aromatic rings. The van der Waals surface area contributed by atoms with E-state index < -0.39 is 10.0 Å². The van der Waals surface area contributed by atoms with Gasteiger partial charge in [0.2, 0.25) is 10.0 Å². The molecule has 1 unspecified atom stereocenters. The molecule has 1 saturated carbocycles. The molecule has 3 N–H and O–H groups in total. The average molecular weight is 296 g/mol. The van der Waals surface area contributed by atoms with Gasteiger partial charge in [0.05, 0.1) is 4.90 Å². The predicted molar refractivity (Wildman–Crippen MR) is 80.8 cm³/mol. The minimum atomic E-state index is -3.43. The van der Waals surface area contributed by atoms with Gasteiger partial charge >= 0.3 is 0 Å². The van der Waals surface area contributed by atoms with Crippen LogP contribution in [0.3, 0.4) is 0 Å². The summed E-state index contributed by atoms with van der Waals surface area (Å²) in [5.41, 5.74) is 7.73. The van der Waals surface area contributed by atoms with E-state index in [1.54, 1.807) is 18.2 Å². The molecule has 0 aromatic heterocycles. The molecule has 2 rings (SSSR count). The van der Waals surface area contributed by atoms with Gasteiger partial charge in [-0.15, -0.1) is 0 Å². The van der Waals surface area contributed by atoms with Crippen molar-refractivity contribution in [2.75, 3.05) is 0 Å². The third kappa shape index (κ3) is 3.40. The van der Waals surface area contributed by atoms with Crippen LogP contribution in [0, 0.1) is 12.3 Å². The molecule has 1 aliphatic carbocycles. The van der Waals surface area contributed by atoms with Crippen LogP contribution in [0.4, 0.5) is 0 Å². The number of sulfonamides is 1. The lowest BCUT2D eigenvalue weighted by Gasteiger charge is -2.18. The molecule has 0 aliphatic heterocycles. The summed E-state index contributed by atoms with van der Waals surface area (Å²) in [5, 5.41) is 0. The lowest BCUT2D eigenvalue weighted by molar-refractivity contribution is 0.372. The number of benzene rings is 1. The van der Waals surface area contributed by atoms with Crippen LogP contribution in [0.1, 0.15) is 44.2 Å². The first-order chi connectivity index (χ1) is 9.23. The molecule has 1 fully saturated rings. The van der Waals surface area contributed by atoms with E-state index in [4.69, 9.17) is 5.73 Å². The molecule has 1 atom stereocenters. The smallest absolute Gasteiger partial charge is 0.240 e. The van der Waals surface area contributed by atoms with Crippen LogP contribution in [0.5, 0.6) is 0 Å². The topological polar surface area (TPSA) is 72.2 Å². The highest BCUT2D eigenvalue weighted by atomic mass is 32.2. The van der Waals surface area contributed by atoms with Gasteiger partial charge in [0, 0.05) is 12.6 Å². The first-order valence-corrected chi connectivity index (χ1v) is 8.54. The quantitative estimate of drug-likeness (QED) is 0.895. The van der Waals surface area contributed by atoms with Gasteiger partial charge in [-0.3, -0.25) is 0 Å². The van der Waals surface area contributed by atoms with E-state index in [9.17, 15) is 8.42 Å².